The van der Waals surface area contributed by atoms with Gasteiger partial charge >= 0.3 is 67.5 Å². The molecule has 30 heteroatoms. The molecule has 3 aromatic rings. The van der Waals surface area contributed by atoms with Gasteiger partial charge in [-0.1, -0.05) is 48.5 Å². The number of benzene rings is 3. The first-order valence-electron chi connectivity index (χ1n) is 16.3. The molecular formula is C33H27F18N4O7P. The summed E-state index contributed by atoms with van der Waals surface area (Å²) in [5, 5.41) is 9.01. The Bertz CT molecular complexity index is 2010. The summed E-state index contributed by atoms with van der Waals surface area (Å²) >= 11 is 0. The van der Waals surface area contributed by atoms with E-state index >= 15 is 0 Å². The second-order valence-electron chi connectivity index (χ2n) is 12.2. The molecule has 0 aliphatic heterocycles. The van der Waals surface area contributed by atoms with Crippen LogP contribution in [0.4, 0.5) is 89.5 Å². The fraction of sp³-hybridized carbons (Fsp3) is 0.364. The van der Waals surface area contributed by atoms with E-state index < -0.39 is 92.8 Å². The first-order valence-corrected chi connectivity index (χ1v) is 17.9. The van der Waals surface area contributed by atoms with Gasteiger partial charge in [-0.3, -0.25) is 0 Å². The highest BCUT2D eigenvalue weighted by atomic mass is 31.2. The van der Waals surface area contributed by atoms with Gasteiger partial charge in [0.25, 0.3) is 0 Å². The largest absolute Gasteiger partial charge is 0.490 e. The zero-order valence-corrected chi connectivity index (χ0v) is 31.4. The van der Waals surface area contributed by atoms with Gasteiger partial charge in [0.05, 0.1) is 18.7 Å². The minimum Gasteiger partial charge on any atom is -0.475 e. The van der Waals surface area contributed by atoms with Crippen LogP contribution in [0.2, 0.25) is 0 Å². The average molecular weight is 965 g/mol. The molecule has 11 nitrogen and oxygen atoms in total. The number of nitrogens with one attached hydrogen (secondary N) is 1. The molecule has 1 unspecified atom stereocenters. The van der Waals surface area contributed by atoms with Crippen molar-refractivity contribution in [3.63, 3.8) is 0 Å². The van der Waals surface area contributed by atoms with Crippen molar-refractivity contribution >= 4 is 31.3 Å². The van der Waals surface area contributed by atoms with Gasteiger partial charge in [0.15, 0.2) is 11.7 Å². The summed E-state index contributed by atoms with van der Waals surface area (Å²) in [5.41, 5.74) is 2.56. The van der Waals surface area contributed by atoms with Crippen LogP contribution >= 0.6 is 7.60 Å². The van der Waals surface area contributed by atoms with Gasteiger partial charge in [0, 0.05) is 6.42 Å². The minimum absolute atomic E-state index is 0.150. The number of guanidine groups is 1. The minimum atomic E-state index is -8.60. The quantitative estimate of drug-likeness (QED) is 0.0471. The van der Waals surface area contributed by atoms with Gasteiger partial charge in [-0.25, -0.2) is 23.5 Å². The molecular weight excluding hydrogens is 937 g/mol. The molecule has 63 heavy (non-hydrogen) atoms. The third-order valence-electron chi connectivity index (χ3n) is 7.60. The van der Waals surface area contributed by atoms with Crippen LogP contribution in [-0.2, 0) is 20.5 Å². The molecule has 0 spiro atoms. The molecule has 6 N–H and O–H groups in total. The predicted octanol–water partition coefficient (Wildman–Crippen LogP) is 9.93. The van der Waals surface area contributed by atoms with Crippen molar-refractivity contribution in [3.05, 3.63) is 90.5 Å². The van der Waals surface area contributed by atoms with Gasteiger partial charge in [0.1, 0.15) is 11.5 Å². The molecule has 0 radical (unpaired) electrons. The lowest BCUT2D eigenvalue weighted by atomic mass is 9.85. The number of halogens is 18. The van der Waals surface area contributed by atoms with E-state index in [0.717, 1.165) is 0 Å². The second kappa shape index (κ2) is 19.3. The van der Waals surface area contributed by atoms with E-state index in [4.69, 9.17) is 30.4 Å². The van der Waals surface area contributed by atoms with E-state index in [1.807, 2.05) is 5.32 Å². The molecule has 352 valence electrons. The third kappa shape index (κ3) is 12.5. The van der Waals surface area contributed by atoms with Crippen LogP contribution in [0.3, 0.4) is 0 Å². The van der Waals surface area contributed by atoms with Crippen molar-refractivity contribution in [2.45, 2.75) is 66.5 Å². The number of hydrogen-bond acceptors (Lipinski definition) is 7. The number of amides is 1. The zero-order valence-electron chi connectivity index (χ0n) is 30.5. The Kier molecular flexibility index (Phi) is 16.4. The summed E-state index contributed by atoms with van der Waals surface area (Å²) in [5.74, 6) is -36.9. The van der Waals surface area contributed by atoms with E-state index in [0.29, 0.717) is 0 Å². The second-order valence-corrected chi connectivity index (χ2v) is 14.3. The Hall–Kier alpha value is -5.76. The van der Waals surface area contributed by atoms with Crippen molar-refractivity contribution in [3.8, 4) is 11.5 Å². The Morgan fingerprint density at radius 1 is 0.651 bits per heavy atom. The Balaban J connectivity index is 0.00000179. The van der Waals surface area contributed by atoms with E-state index in [-0.39, 0.29) is 28.7 Å². The van der Waals surface area contributed by atoms with E-state index in [1.165, 1.54) is 84.9 Å². The summed E-state index contributed by atoms with van der Waals surface area (Å²) in [6.07, 6.45) is -26.8. The standard InChI is InChI=1S/C31H26F15N4O5P.C2HF3O2/c32-25(33,27(35,36)29(39,40)28(37,38)26(34,30(41,42)43)31(44,45)46)15-16-53-24(51)50-22(17-18-11-13-19(14-12-18)49-23(47)48)56(52,54-20-7-3-1-4-8-20)55-21-9-5-2-6-10-21;3-2(4,5)1(6)7/h1-14,22H,15-17H2,(H,50,51)(H4,47,48,49);(H,6,7). The van der Waals surface area contributed by atoms with Crippen molar-refractivity contribution in [1.82, 2.24) is 5.32 Å². The SMILES string of the molecule is NC(N)=Nc1ccc(CC(NC(=O)OCCC(F)(F)C(F)(F)C(F)(F)C(F)(F)C(F)(C(F)(F)F)C(F)(F)F)P(=O)(Oc2ccccc2)Oc2ccccc2)cc1.O=C(O)C(F)(F)F. The Labute approximate surface area is 340 Å². The number of rotatable bonds is 16. The van der Waals surface area contributed by atoms with Crippen LogP contribution in [0.1, 0.15) is 12.0 Å². The predicted molar refractivity (Wildman–Crippen MR) is 180 cm³/mol. The van der Waals surface area contributed by atoms with Crippen molar-refractivity contribution in [2.24, 2.45) is 16.5 Å². The van der Waals surface area contributed by atoms with E-state index in [1.54, 1.807) is 0 Å². The maximum atomic E-state index is 14.5. The van der Waals surface area contributed by atoms with Gasteiger partial charge < -0.3 is 35.7 Å². The number of alkyl carbamates (subject to hydrolysis) is 1. The fourth-order valence-corrected chi connectivity index (χ4v) is 6.31. The number of carboxylic acid groups (broad SMARTS) is 1. The third-order valence-corrected chi connectivity index (χ3v) is 9.60. The molecule has 0 aliphatic rings. The van der Waals surface area contributed by atoms with Crippen LogP contribution in [0.15, 0.2) is 89.9 Å². The first-order chi connectivity index (χ1) is 28.5. The molecule has 1 atom stereocenters. The number of para-hydroxylation sites is 2. The molecule has 3 aromatic carbocycles. The lowest BCUT2D eigenvalue weighted by Crippen LogP contribution is -2.75. The summed E-state index contributed by atoms with van der Waals surface area (Å²) < 4.78 is 266. The average Bonchev–Trinajstić information content (AvgIpc) is 3.14. The maximum absolute atomic E-state index is 14.5. The molecule has 0 aromatic heterocycles. The number of nitrogens with two attached hydrogens (primary N) is 2. The number of aliphatic carboxylic acids is 1. The smallest absolute Gasteiger partial charge is 0.475 e. The molecule has 0 saturated heterocycles. The number of carboxylic acids is 1. The van der Waals surface area contributed by atoms with Gasteiger partial charge in [-0.15, -0.1) is 0 Å². The van der Waals surface area contributed by atoms with Crippen molar-refractivity contribution in [1.29, 1.82) is 0 Å². The van der Waals surface area contributed by atoms with Crippen LogP contribution in [0, 0.1) is 0 Å². The van der Waals surface area contributed by atoms with Gasteiger partial charge in [-0.05, 0) is 42.0 Å². The van der Waals surface area contributed by atoms with Crippen molar-refractivity contribution < 1.29 is 112 Å². The monoisotopic (exact) mass is 964 g/mol. The number of nitrogens with zero attached hydrogens (tertiary/aromatic N) is 1. The van der Waals surface area contributed by atoms with Gasteiger partial charge in [0.2, 0.25) is 0 Å². The number of aliphatic imine (C=N–C) groups is 1. The molecule has 0 saturated carbocycles. The molecule has 3 rings (SSSR count). The molecule has 0 heterocycles. The molecule has 0 aliphatic carbocycles. The lowest BCUT2D eigenvalue weighted by Gasteiger charge is -2.43. The summed E-state index contributed by atoms with van der Waals surface area (Å²) in [6.45, 7) is -2.20. The molecule has 1 amide bonds. The van der Waals surface area contributed by atoms with Crippen LogP contribution in [0.25, 0.3) is 0 Å². The number of ether oxygens (including phenoxy) is 1. The number of hydrogen-bond donors (Lipinski definition) is 4. The van der Waals surface area contributed by atoms with Crippen molar-refractivity contribution in [2.75, 3.05) is 6.61 Å². The number of carbonyl (C=O) groups is 2. The van der Waals surface area contributed by atoms with E-state index in [2.05, 4.69) is 9.73 Å². The van der Waals surface area contributed by atoms with Crippen LogP contribution in [0.5, 0.6) is 11.5 Å². The maximum Gasteiger partial charge on any atom is 0.490 e. The number of carbonyl (C=O) groups excluding carboxylic acids is 1. The Morgan fingerprint density at radius 3 is 1.43 bits per heavy atom. The summed E-state index contributed by atoms with van der Waals surface area (Å²) in [4.78, 5) is 25.5. The molecule has 0 bridgehead atoms. The van der Waals surface area contributed by atoms with Crippen LogP contribution in [-0.4, -0.2) is 83.4 Å². The number of alkyl halides is 18. The highest BCUT2D eigenvalue weighted by Gasteiger charge is 2.95. The lowest BCUT2D eigenvalue weighted by molar-refractivity contribution is -0.457. The highest BCUT2D eigenvalue weighted by Crippen LogP contribution is 2.64. The topological polar surface area (TPSA) is 176 Å². The van der Waals surface area contributed by atoms with Gasteiger partial charge in [-0.2, -0.15) is 74.6 Å². The van der Waals surface area contributed by atoms with E-state index in [9.17, 15) is 88.4 Å². The highest BCUT2D eigenvalue weighted by molar-refractivity contribution is 7.55. The fourth-order valence-electron chi connectivity index (χ4n) is 4.49. The normalized spacial score (nSPS) is 13.7. The Morgan fingerprint density at radius 2 is 1.06 bits per heavy atom. The summed E-state index contributed by atoms with van der Waals surface area (Å²) in [6, 6.07) is 19.1. The molecule has 0 fully saturated rings. The van der Waals surface area contributed by atoms with Crippen LogP contribution < -0.4 is 25.8 Å². The zero-order chi connectivity index (χ0) is 48.7. The summed E-state index contributed by atoms with van der Waals surface area (Å²) in [7, 11) is -4.85. The first kappa shape index (κ1) is 53.4.